The Labute approximate surface area is 100 Å². The summed E-state index contributed by atoms with van der Waals surface area (Å²) in [6, 6.07) is 8.50. The molecule has 2 heteroatoms. The Hall–Kier alpha value is -0.340. The highest BCUT2D eigenvalue weighted by molar-refractivity contribution is 9.10. The fourth-order valence-corrected chi connectivity index (χ4v) is 3.05. The minimum atomic E-state index is 0.379. The molecule has 0 bridgehead atoms. The molecule has 1 aliphatic rings. The highest BCUT2D eigenvalue weighted by atomic mass is 79.9. The average Bonchev–Trinajstić information content (AvgIpc) is 2.71. The monoisotopic (exact) mass is 267 g/mol. The molecule has 1 aliphatic carbocycles. The van der Waals surface area contributed by atoms with E-state index < -0.39 is 0 Å². The Balaban J connectivity index is 2.16. The minimum Gasteiger partial charge on any atom is -0.330 e. The van der Waals surface area contributed by atoms with E-state index in [2.05, 4.69) is 40.2 Å². The summed E-state index contributed by atoms with van der Waals surface area (Å²) in [5, 5.41) is 0. The number of halogens is 1. The number of hydrogen-bond acceptors (Lipinski definition) is 1. The molecule has 82 valence electrons. The van der Waals surface area contributed by atoms with Crippen LogP contribution in [0.2, 0.25) is 0 Å². The summed E-state index contributed by atoms with van der Waals surface area (Å²) in [5.74, 6) is 0. The van der Waals surface area contributed by atoms with Crippen LogP contribution >= 0.6 is 15.9 Å². The third-order valence-electron chi connectivity index (χ3n) is 3.62. The van der Waals surface area contributed by atoms with E-state index in [1.165, 1.54) is 35.7 Å². The molecule has 0 unspecified atom stereocenters. The van der Waals surface area contributed by atoms with E-state index in [0.29, 0.717) is 5.41 Å². The second kappa shape index (κ2) is 4.67. The predicted molar refractivity (Wildman–Crippen MR) is 67.8 cm³/mol. The first kappa shape index (κ1) is 11.2. The van der Waals surface area contributed by atoms with Gasteiger partial charge in [-0.15, -0.1) is 0 Å². The van der Waals surface area contributed by atoms with E-state index in [0.717, 1.165) is 13.0 Å². The van der Waals surface area contributed by atoms with Crippen molar-refractivity contribution in [2.45, 2.75) is 32.1 Å². The Morgan fingerprint density at radius 1 is 1.20 bits per heavy atom. The van der Waals surface area contributed by atoms with Gasteiger partial charge in [-0.2, -0.15) is 0 Å². The van der Waals surface area contributed by atoms with Gasteiger partial charge in [-0.1, -0.05) is 47.0 Å². The van der Waals surface area contributed by atoms with Crippen molar-refractivity contribution in [3.8, 4) is 0 Å². The van der Waals surface area contributed by atoms with Crippen LogP contribution in [0.3, 0.4) is 0 Å². The molecule has 0 radical (unpaired) electrons. The van der Waals surface area contributed by atoms with Crippen LogP contribution in [0.1, 0.15) is 31.2 Å². The Bertz CT molecular complexity index is 329. The van der Waals surface area contributed by atoms with Crippen LogP contribution < -0.4 is 5.73 Å². The Morgan fingerprint density at radius 2 is 1.87 bits per heavy atom. The smallest absolute Gasteiger partial charge is 0.0207 e. The molecule has 2 N–H and O–H groups in total. The minimum absolute atomic E-state index is 0.379. The van der Waals surface area contributed by atoms with Gasteiger partial charge in [-0.05, 0) is 42.9 Å². The van der Waals surface area contributed by atoms with E-state index >= 15 is 0 Å². The van der Waals surface area contributed by atoms with Crippen molar-refractivity contribution in [3.05, 3.63) is 34.3 Å². The molecule has 1 saturated carbocycles. The molecule has 2 rings (SSSR count). The van der Waals surface area contributed by atoms with Gasteiger partial charge in [0.2, 0.25) is 0 Å². The van der Waals surface area contributed by atoms with Crippen LogP contribution in [0.15, 0.2) is 28.7 Å². The van der Waals surface area contributed by atoms with Gasteiger partial charge < -0.3 is 5.73 Å². The van der Waals surface area contributed by atoms with Gasteiger partial charge in [0, 0.05) is 4.47 Å². The first-order valence-corrected chi connectivity index (χ1v) is 6.49. The third-order valence-corrected chi connectivity index (χ3v) is 4.39. The van der Waals surface area contributed by atoms with Crippen LogP contribution in [0.4, 0.5) is 0 Å². The van der Waals surface area contributed by atoms with Crippen molar-refractivity contribution in [2.75, 3.05) is 6.54 Å². The second-order valence-electron chi connectivity index (χ2n) is 4.68. The van der Waals surface area contributed by atoms with Crippen LogP contribution in [-0.4, -0.2) is 6.54 Å². The predicted octanol–water partition coefficient (Wildman–Crippen LogP) is 3.51. The van der Waals surface area contributed by atoms with Gasteiger partial charge in [-0.3, -0.25) is 0 Å². The number of rotatable bonds is 3. The van der Waals surface area contributed by atoms with Gasteiger partial charge in [-0.25, -0.2) is 0 Å². The third kappa shape index (κ3) is 2.43. The SMILES string of the molecule is NCC1(Cc2ccccc2Br)CCCC1. The lowest BCUT2D eigenvalue weighted by atomic mass is 9.80. The lowest BCUT2D eigenvalue weighted by molar-refractivity contribution is 0.306. The van der Waals surface area contributed by atoms with Crippen LogP contribution in [-0.2, 0) is 6.42 Å². The summed E-state index contributed by atoms with van der Waals surface area (Å²) >= 11 is 3.62. The first-order chi connectivity index (χ1) is 7.26. The zero-order valence-corrected chi connectivity index (χ0v) is 10.6. The van der Waals surface area contributed by atoms with E-state index in [1.54, 1.807) is 0 Å². The molecular formula is C13H18BrN. The molecule has 15 heavy (non-hydrogen) atoms. The highest BCUT2D eigenvalue weighted by Gasteiger charge is 2.32. The quantitative estimate of drug-likeness (QED) is 0.891. The molecule has 0 aliphatic heterocycles. The zero-order valence-electron chi connectivity index (χ0n) is 9.01. The van der Waals surface area contributed by atoms with E-state index in [9.17, 15) is 0 Å². The molecular weight excluding hydrogens is 250 g/mol. The van der Waals surface area contributed by atoms with Gasteiger partial charge in [0.25, 0.3) is 0 Å². The van der Waals surface area contributed by atoms with Crippen molar-refractivity contribution >= 4 is 15.9 Å². The van der Waals surface area contributed by atoms with E-state index in [4.69, 9.17) is 5.73 Å². The average molecular weight is 268 g/mol. The lowest BCUT2D eigenvalue weighted by Crippen LogP contribution is -2.29. The Kier molecular flexibility index (Phi) is 3.47. The number of nitrogens with two attached hydrogens (primary N) is 1. The van der Waals surface area contributed by atoms with E-state index in [1.807, 2.05) is 0 Å². The Morgan fingerprint density at radius 3 is 2.47 bits per heavy atom. The molecule has 1 nitrogen and oxygen atoms in total. The molecule has 1 aromatic rings. The summed E-state index contributed by atoms with van der Waals surface area (Å²) in [5.41, 5.74) is 7.74. The van der Waals surface area contributed by atoms with Crippen molar-refractivity contribution in [2.24, 2.45) is 11.1 Å². The van der Waals surface area contributed by atoms with Crippen LogP contribution in [0.5, 0.6) is 0 Å². The maximum atomic E-state index is 5.95. The van der Waals surface area contributed by atoms with E-state index in [-0.39, 0.29) is 0 Å². The van der Waals surface area contributed by atoms with Gasteiger partial charge in [0.1, 0.15) is 0 Å². The zero-order chi connectivity index (χ0) is 10.7. The fourth-order valence-electron chi connectivity index (χ4n) is 2.62. The van der Waals surface area contributed by atoms with Crippen molar-refractivity contribution in [3.63, 3.8) is 0 Å². The topological polar surface area (TPSA) is 26.0 Å². The number of benzene rings is 1. The molecule has 0 spiro atoms. The van der Waals surface area contributed by atoms with Gasteiger partial charge in [0.15, 0.2) is 0 Å². The van der Waals surface area contributed by atoms with Crippen molar-refractivity contribution in [1.29, 1.82) is 0 Å². The second-order valence-corrected chi connectivity index (χ2v) is 5.53. The summed E-state index contributed by atoms with van der Waals surface area (Å²) in [7, 11) is 0. The molecule has 0 aromatic heterocycles. The van der Waals surface area contributed by atoms with Gasteiger partial charge in [0.05, 0.1) is 0 Å². The fraction of sp³-hybridized carbons (Fsp3) is 0.538. The highest BCUT2D eigenvalue weighted by Crippen LogP contribution is 2.41. The lowest BCUT2D eigenvalue weighted by Gasteiger charge is -2.27. The molecule has 1 fully saturated rings. The standard InChI is InChI=1S/C13H18BrN/c14-12-6-2-1-5-11(12)9-13(10-15)7-3-4-8-13/h1-2,5-6H,3-4,7-10,15H2. The largest absolute Gasteiger partial charge is 0.330 e. The molecule has 0 amide bonds. The molecule has 0 saturated heterocycles. The summed E-state index contributed by atoms with van der Waals surface area (Å²) in [4.78, 5) is 0. The van der Waals surface area contributed by atoms with Crippen molar-refractivity contribution in [1.82, 2.24) is 0 Å². The molecule has 0 heterocycles. The van der Waals surface area contributed by atoms with Crippen LogP contribution in [0, 0.1) is 5.41 Å². The number of hydrogen-bond donors (Lipinski definition) is 1. The van der Waals surface area contributed by atoms with Crippen LogP contribution in [0.25, 0.3) is 0 Å². The summed E-state index contributed by atoms with van der Waals surface area (Å²) < 4.78 is 1.23. The normalized spacial score (nSPS) is 19.3. The first-order valence-electron chi connectivity index (χ1n) is 5.69. The van der Waals surface area contributed by atoms with Crippen molar-refractivity contribution < 1.29 is 0 Å². The van der Waals surface area contributed by atoms with Gasteiger partial charge >= 0.3 is 0 Å². The molecule has 1 aromatic carbocycles. The summed E-state index contributed by atoms with van der Waals surface area (Å²) in [6.07, 6.45) is 6.42. The molecule has 0 atom stereocenters. The maximum Gasteiger partial charge on any atom is 0.0207 e. The summed E-state index contributed by atoms with van der Waals surface area (Å²) in [6.45, 7) is 0.828. The maximum absolute atomic E-state index is 5.95.